The number of nitrogens with one attached hydrogen (secondary N) is 1. The fourth-order valence-electron chi connectivity index (χ4n) is 2.69. The molecule has 4 nitrogen and oxygen atoms in total. The zero-order chi connectivity index (χ0) is 12.6. The lowest BCUT2D eigenvalue weighted by Crippen LogP contribution is -2.43. The van der Waals surface area contributed by atoms with Gasteiger partial charge in [-0.15, -0.1) is 0 Å². The molecule has 0 saturated carbocycles. The van der Waals surface area contributed by atoms with Crippen LogP contribution in [0.5, 0.6) is 11.5 Å². The van der Waals surface area contributed by atoms with E-state index in [0.717, 1.165) is 25.3 Å². The summed E-state index contributed by atoms with van der Waals surface area (Å²) in [6.45, 7) is 4.21. The average molecular weight is 247 g/mol. The SMILES string of the molecule is CCOc1ccc2c(c1)OC1(CCNC1)CC2=O. The molecular formula is C14H17NO3. The van der Waals surface area contributed by atoms with Crippen LogP contribution in [0.3, 0.4) is 0 Å². The second kappa shape index (κ2) is 4.28. The summed E-state index contributed by atoms with van der Waals surface area (Å²) in [5.74, 6) is 1.59. The summed E-state index contributed by atoms with van der Waals surface area (Å²) in [4.78, 5) is 12.2. The van der Waals surface area contributed by atoms with Gasteiger partial charge in [-0.3, -0.25) is 4.79 Å². The molecule has 1 spiro atoms. The van der Waals surface area contributed by atoms with Crippen LogP contribution in [0.2, 0.25) is 0 Å². The monoisotopic (exact) mass is 247 g/mol. The molecule has 18 heavy (non-hydrogen) atoms. The number of fused-ring (bicyclic) bond motifs is 1. The average Bonchev–Trinajstić information content (AvgIpc) is 2.77. The molecule has 0 radical (unpaired) electrons. The maximum Gasteiger partial charge on any atom is 0.170 e. The van der Waals surface area contributed by atoms with Crippen LogP contribution in [-0.4, -0.2) is 31.1 Å². The van der Waals surface area contributed by atoms with Crippen LogP contribution in [0.1, 0.15) is 30.1 Å². The zero-order valence-corrected chi connectivity index (χ0v) is 10.5. The van der Waals surface area contributed by atoms with E-state index in [1.165, 1.54) is 0 Å². The Morgan fingerprint density at radius 3 is 3.11 bits per heavy atom. The van der Waals surface area contributed by atoms with Crippen LogP contribution in [0.25, 0.3) is 0 Å². The molecule has 0 aromatic heterocycles. The Hall–Kier alpha value is -1.55. The van der Waals surface area contributed by atoms with Crippen molar-refractivity contribution < 1.29 is 14.3 Å². The van der Waals surface area contributed by atoms with Gasteiger partial charge in [-0.2, -0.15) is 0 Å². The molecule has 3 rings (SSSR count). The molecule has 1 aromatic carbocycles. The van der Waals surface area contributed by atoms with Crippen LogP contribution in [-0.2, 0) is 0 Å². The van der Waals surface area contributed by atoms with Crippen molar-refractivity contribution in [2.45, 2.75) is 25.4 Å². The maximum atomic E-state index is 12.2. The number of ether oxygens (including phenoxy) is 2. The fourth-order valence-corrected chi connectivity index (χ4v) is 2.69. The number of ketones is 1. The predicted octanol–water partition coefficient (Wildman–Crippen LogP) is 1.78. The van der Waals surface area contributed by atoms with Crippen molar-refractivity contribution >= 4 is 5.78 Å². The summed E-state index contributed by atoms with van der Waals surface area (Å²) in [5.41, 5.74) is 0.338. The molecular weight excluding hydrogens is 230 g/mol. The van der Waals surface area contributed by atoms with Gasteiger partial charge < -0.3 is 14.8 Å². The molecule has 96 valence electrons. The summed E-state index contributed by atoms with van der Waals surface area (Å²) < 4.78 is 11.5. The fraction of sp³-hybridized carbons (Fsp3) is 0.500. The Kier molecular flexibility index (Phi) is 2.74. The highest BCUT2D eigenvalue weighted by atomic mass is 16.5. The molecule has 1 atom stereocenters. The number of rotatable bonds is 2. The summed E-state index contributed by atoms with van der Waals surface area (Å²) >= 11 is 0. The first-order valence-electron chi connectivity index (χ1n) is 6.42. The molecule has 0 aliphatic carbocycles. The van der Waals surface area contributed by atoms with Gasteiger partial charge in [0.05, 0.1) is 18.6 Å². The third kappa shape index (κ3) is 1.86. The maximum absolute atomic E-state index is 12.2. The minimum Gasteiger partial charge on any atom is -0.494 e. The normalized spacial score (nSPS) is 25.9. The van der Waals surface area contributed by atoms with Crippen LogP contribution in [0.15, 0.2) is 18.2 Å². The third-order valence-corrected chi connectivity index (χ3v) is 3.58. The van der Waals surface area contributed by atoms with Crippen molar-refractivity contribution in [1.82, 2.24) is 5.32 Å². The largest absolute Gasteiger partial charge is 0.494 e. The molecule has 2 aliphatic heterocycles. The highest BCUT2D eigenvalue weighted by molar-refractivity contribution is 6.00. The minimum atomic E-state index is -0.338. The molecule has 2 heterocycles. The molecule has 1 unspecified atom stereocenters. The lowest BCUT2D eigenvalue weighted by Gasteiger charge is -2.34. The van der Waals surface area contributed by atoms with E-state index in [9.17, 15) is 4.79 Å². The highest BCUT2D eigenvalue weighted by Crippen LogP contribution is 2.38. The Labute approximate surface area is 106 Å². The van der Waals surface area contributed by atoms with E-state index in [1.54, 1.807) is 6.07 Å². The molecule has 1 saturated heterocycles. The smallest absolute Gasteiger partial charge is 0.170 e. The van der Waals surface area contributed by atoms with Crippen molar-refractivity contribution in [3.63, 3.8) is 0 Å². The summed E-state index contributed by atoms with van der Waals surface area (Å²) in [6.07, 6.45) is 1.36. The quantitative estimate of drug-likeness (QED) is 0.865. The van der Waals surface area contributed by atoms with Crippen LogP contribution < -0.4 is 14.8 Å². The van der Waals surface area contributed by atoms with Crippen molar-refractivity contribution in [2.75, 3.05) is 19.7 Å². The van der Waals surface area contributed by atoms with Gasteiger partial charge in [0.2, 0.25) is 0 Å². The van der Waals surface area contributed by atoms with E-state index >= 15 is 0 Å². The molecule has 1 N–H and O–H groups in total. The van der Waals surface area contributed by atoms with E-state index in [1.807, 2.05) is 19.1 Å². The standard InChI is InChI=1S/C14H17NO3/c1-2-17-10-3-4-11-12(16)8-14(5-6-15-9-14)18-13(11)7-10/h3-4,7,15H,2,5-6,8-9H2,1H3. The minimum absolute atomic E-state index is 0.169. The van der Waals surface area contributed by atoms with E-state index in [2.05, 4.69) is 5.32 Å². The molecule has 4 heteroatoms. The van der Waals surface area contributed by atoms with Crippen LogP contribution in [0.4, 0.5) is 0 Å². The third-order valence-electron chi connectivity index (χ3n) is 3.58. The lowest BCUT2D eigenvalue weighted by molar-refractivity contribution is 0.0527. The van der Waals surface area contributed by atoms with Crippen molar-refractivity contribution in [3.8, 4) is 11.5 Å². The van der Waals surface area contributed by atoms with E-state index < -0.39 is 0 Å². The molecule has 1 fully saturated rings. The van der Waals surface area contributed by atoms with E-state index in [4.69, 9.17) is 9.47 Å². The molecule has 0 bridgehead atoms. The number of benzene rings is 1. The predicted molar refractivity (Wildman–Crippen MR) is 67.4 cm³/mol. The second-order valence-electron chi connectivity index (χ2n) is 4.90. The summed E-state index contributed by atoms with van der Waals surface area (Å²) in [5, 5.41) is 3.27. The van der Waals surface area contributed by atoms with Gasteiger partial charge in [0, 0.05) is 19.0 Å². The molecule has 2 aliphatic rings. The van der Waals surface area contributed by atoms with Crippen LogP contribution >= 0.6 is 0 Å². The zero-order valence-electron chi connectivity index (χ0n) is 10.5. The van der Waals surface area contributed by atoms with Gasteiger partial charge in [0.15, 0.2) is 5.78 Å². The number of Topliss-reactive ketones (excluding diaryl/α,β-unsaturated/α-hetero) is 1. The Morgan fingerprint density at radius 1 is 1.50 bits per heavy atom. The summed E-state index contributed by atoms with van der Waals surface area (Å²) in [7, 11) is 0. The van der Waals surface area contributed by atoms with Crippen molar-refractivity contribution in [1.29, 1.82) is 0 Å². The Bertz CT molecular complexity index is 478. The first-order valence-corrected chi connectivity index (χ1v) is 6.42. The Morgan fingerprint density at radius 2 is 2.39 bits per heavy atom. The van der Waals surface area contributed by atoms with Crippen molar-refractivity contribution in [3.05, 3.63) is 23.8 Å². The van der Waals surface area contributed by atoms with Gasteiger partial charge in [-0.25, -0.2) is 0 Å². The molecule has 1 aromatic rings. The van der Waals surface area contributed by atoms with Gasteiger partial charge in [0.25, 0.3) is 0 Å². The lowest BCUT2D eigenvalue weighted by atomic mass is 9.89. The topological polar surface area (TPSA) is 47.6 Å². The number of carbonyl (C=O) groups is 1. The van der Waals surface area contributed by atoms with Gasteiger partial charge in [-0.1, -0.05) is 0 Å². The second-order valence-corrected chi connectivity index (χ2v) is 4.90. The Balaban J connectivity index is 1.95. The van der Waals surface area contributed by atoms with Gasteiger partial charge >= 0.3 is 0 Å². The van der Waals surface area contributed by atoms with Gasteiger partial charge in [-0.05, 0) is 25.6 Å². The molecule has 0 amide bonds. The number of carbonyl (C=O) groups excluding carboxylic acids is 1. The van der Waals surface area contributed by atoms with E-state index in [-0.39, 0.29) is 11.4 Å². The van der Waals surface area contributed by atoms with Gasteiger partial charge in [0.1, 0.15) is 17.1 Å². The first kappa shape index (κ1) is 11.5. The first-order chi connectivity index (χ1) is 8.72. The van der Waals surface area contributed by atoms with Crippen molar-refractivity contribution in [2.24, 2.45) is 0 Å². The van der Waals surface area contributed by atoms with Crippen LogP contribution in [0, 0.1) is 0 Å². The number of hydrogen-bond acceptors (Lipinski definition) is 4. The number of hydrogen-bond donors (Lipinski definition) is 1. The summed E-state index contributed by atoms with van der Waals surface area (Å²) in [6, 6.07) is 5.46. The van der Waals surface area contributed by atoms with E-state index in [0.29, 0.717) is 24.3 Å². The highest BCUT2D eigenvalue weighted by Gasteiger charge is 2.42.